The largest absolute Gasteiger partial charge is 0.324 e. The lowest BCUT2D eigenvalue weighted by atomic mass is 9.94. The standard InChI is InChI=1S/C13H10N2O/c16-12-13(5-6-13)11-8-3-1-2-4-9(8)14-7-10(11)15-12/h1-4,7H,5-6H2,(H,15,16)/i1D. The molecule has 4 rings (SSSR count). The van der Waals surface area contributed by atoms with Crippen LogP contribution in [0.15, 0.2) is 30.4 Å². The third-order valence-electron chi connectivity index (χ3n) is 3.62. The van der Waals surface area contributed by atoms with Gasteiger partial charge in [-0.15, -0.1) is 0 Å². The van der Waals surface area contributed by atoms with Crippen molar-refractivity contribution in [1.29, 1.82) is 0 Å². The second kappa shape index (κ2) is 2.43. The molecule has 16 heavy (non-hydrogen) atoms. The number of hydrogen-bond acceptors (Lipinski definition) is 2. The van der Waals surface area contributed by atoms with E-state index >= 15 is 0 Å². The number of fused-ring (bicyclic) bond motifs is 4. The molecule has 0 radical (unpaired) electrons. The molecule has 2 aliphatic rings. The smallest absolute Gasteiger partial charge is 0.235 e. The van der Waals surface area contributed by atoms with Gasteiger partial charge >= 0.3 is 0 Å². The Balaban J connectivity index is 2.14. The minimum atomic E-state index is -0.315. The molecule has 1 aliphatic carbocycles. The van der Waals surface area contributed by atoms with Crippen LogP contribution in [0.4, 0.5) is 5.69 Å². The van der Waals surface area contributed by atoms with Crippen molar-refractivity contribution in [2.45, 2.75) is 18.3 Å². The molecule has 1 spiro atoms. The van der Waals surface area contributed by atoms with Crippen LogP contribution >= 0.6 is 0 Å². The predicted octanol–water partition coefficient (Wildman–Crippen LogP) is 2.22. The Morgan fingerprint density at radius 3 is 3.12 bits per heavy atom. The first-order chi connectivity index (χ1) is 8.21. The normalized spacial score (nSPS) is 20.8. The monoisotopic (exact) mass is 211 g/mol. The number of benzene rings is 1. The lowest BCUT2D eigenvalue weighted by molar-refractivity contribution is -0.117. The van der Waals surface area contributed by atoms with Crippen molar-refractivity contribution < 1.29 is 6.17 Å². The molecule has 78 valence electrons. The number of pyridine rings is 1. The molecule has 1 N–H and O–H groups in total. The summed E-state index contributed by atoms with van der Waals surface area (Å²) in [5.41, 5.74) is 2.43. The maximum absolute atomic E-state index is 12.0. The van der Waals surface area contributed by atoms with E-state index in [-0.39, 0.29) is 11.3 Å². The van der Waals surface area contributed by atoms with Crippen molar-refractivity contribution in [1.82, 2.24) is 4.98 Å². The average Bonchev–Trinajstić information content (AvgIpc) is 3.03. The Bertz CT molecular complexity index is 676. The summed E-state index contributed by atoms with van der Waals surface area (Å²) in [5, 5.41) is 3.85. The molecular formula is C13H10N2O. The molecule has 0 bridgehead atoms. The van der Waals surface area contributed by atoms with E-state index in [1.54, 1.807) is 12.3 Å². The highest BCUT2D eigenvalue weighted by atomic mass is 16.2. The van der Waals surface area contributed by atoms with Crippen molar-refractivity contribution in [3.63, 3.8) is 0 Å². The molecule has 1 aliphatic heterocycles. The van der Waals surface area contributed by atoms with Crippen molar-refractivity contribution in [3.05, 3.63) is 36.0 Å². The van der Waals surface area contributed by atoms with E-state index in [0.717, 1.165) is 35.0 Å². The van der Waals surface area contributed by atoms with Gasteiger partial charge in [0.25, 0.3) is 0 Å². The molecular weight excluding hydrogens is 200 g/mol. The highest BCUT2D eigenvalue weighted by molar-refractivity contribution is 6.12. The number of nitrogens with zero attached hydrogens (tertiary/aromatic N) is 1. The SMILES string of the molecule is [2H]c1ccc2ncc3c(c2c1)C1(CC1)C(=O)N3. The number of rotatable bonds is 0. The van der Waals surface area contributed by atoms with Gasteiger partial charge in [-0.2, -0.15) is 0 Å². The average molecular weight is 211 g/mol. The van der Waals surface area contributed by atoms with Crippen LogP contribution in [-0.2, 0) is 10.2 Å². The number of hydrogen-bond donors (Lipinski definition) is 1. The summed E-state index contributed by atoms with van der Waals surface area (Å²) >= 11 is 0. The fraction of sp³-hybridized carbons (Fsp3) is 0.231. The summed E-state index contributed by atoms with van der Waals surface area (Å²) in [4.78, 5) is 16.3. The number of aromatic nitrogens is 1. The Labute approximate surface area is 93.9 Å². The minimum Gasteiger partial charge on any atom is -0.324 e. The van der Waals surface area contributed by atoms with Gasteiger partial charge in [0.05, 0.1) is 24.2 Å². The van der Waals surface area contributed by atoms with E-state index in [0.29, 0.717) is 6.04 Å². The van der Waals surface area contributed by atoms with Crippen molar-refractivity contribution in [2.75, 3.05) is 5.32 Å². The van der Waals surface area contributed by atoms with Crippen LogP contribution in [0, 0.1) is 0 Å². The van der Waals surface area contributed by atoms with Crippen LogP contribution < -0.4 is 5.32 Å². The number of anilines is 1. The van der Waals surface area contributed by atoms with Crippen molar-refractivity contribution in [3.8, 4) is 0 Å². The van der Waals surface area contributed by atoms with Gasteiger partial charge in [0.1, 0.15) is 0 Å². The van der Waals surface area contributed by atoms with E-state index < -0.39 is 0 Å². The van der Waals surface area contributed by atoms with Crippen LogP contribution in [0.3, 0.4) is 0 Å². The van der Waals surface area contributed by atoms with E-state index in [1.807, 2.05) is 12.1 Å². The first-order valence-electron chi connectivity index (χ1n) is 5.92. The zero-order valence-electron chi connectivity index (χ0n) is 9.58. The van der Waals surface area contributed by atoms with E-state index in [2.05, 4.69) is 10.3 Å². The summed E-state index contributed by atoms with van der Waals surface area (Å²) in [6.07, 6.45) is 3.55. The van der Waals surface area contributed by atoms with Gasteiger partial charge in [0.15, 0.2) is 0 Å². The maximum atomic E-state index is 12.0. The summed E-state index contributed by atoms with van der Waals surface area (Å²) in [6.45, 7) is 0. The third kappa shape index (κ3) is 0.803. The van der Waals surface area contributed by atoms with Gasteiger partial charge in [-0.25, -0.2) is 0 Å². The van der Waals surface area contributed by atoms with E-state index in [9.17, 15) is 4.79 Å². The molecule has 1 amide bonds. The molecule has 0 saturated heterocycles. The molecule has 1 fully saturated rings. The predicted molar refractivity (Wildman–Crippen MR) is 61.3 cm³/mol. The fourth-order valence-electron chi connectivity index (χ4n) is 2.65. The zero-order valence-corrected chi connectivity index (χ0v) is 8.58. The zero-order chi connectivity index (χ0) is 11.6. The highest BCUT2D eigenvalue weighted by Crippen LogP contribution is 2.56. The lowest BCUT2D eigenvalue weighted by Gasteiger charge is -2.07. The maximum Gasteiger partial charge on any atom is 0.235 e. The van der Waals surface area contributed by atoms with Gasteiger partial charge in [-0.1, -0.05) is 18.2 Å². The van der Waals surface area contributed by atoms with E-state index in [1.165, 1.54) is 0 Å². The first-order valence-corrected chi connectivity index (χ1v) is 5.42. The Hall–Kier alpha value is -1.90. The number of para-hydroxylation sites is 1. The fourth-order valence-corrected chi connectivity index (χ4v) is 2.65. The molecule has 1 saturated carbocycles. The summed E-state index contributed by atoms with van der Waals surface area (Å²) in [6, 6.07) is 5.84. The van der Waals surface area contributed by atoms with Crippen LogP contribution in [0.1, 0.15) is 19.8 Å². The van der Waals surface area contributed by atoms with Crippen molar-refractivity contribution >= 4 is 22.5 Å². The van der Waals surface area contributed by atoms with Crippen LogP contribution in [0.25, 0.3) is 10.9 Å². The second-order valence-corrected chi connectivity index (χ2v) is 4.53. The number of nitrogens with one attached hydrogen (secondary N) is 1. The molecule has 0 unspecified atom stereocenters. The molecule has 3 heteroatoms. The molecule has 1 aromatic heterocycles. The topological polar surface area (TPSA) is 42.0 Å². The minimum absolute atomic E-state index is 0.0946. The number of amides is 1. The Morgan fingerprint density at radius 1 is 1.44 bits per heavy atom. The number of carbonyl (C=O) groups excluding carboxylic acids is 1. The lowest BCUT2D eigenvalue weighted by Crippen LogP contribution is -2.18. The summed E-state index contributed by atoms with van der Waals surface area (Å²) < 4.78 is 7.71. The van der Waals surface area contributed by atoms with E-state index in [4.69, 9.17) is 1.37 Å². The second-order valence-electron chi connectivity index (χ2n) is 4.53. The van der Waals surface area contributed by atoms with Crippen molar-refractivity contribution in [2.24, 2.45) is 0 Å². The molecule has 1 aromatic carbocycles. The molecule has 3 nitrogen and oxygen atoms in total. The van der Waals surface area contributed by atoms with Crippen LogP contribution in [0.5, 0.6) is 0 Å². The van der Waals surface area contributed by atoms with Gasteiger partial charge in [-0.3, -0.25) is 9.78 Å². The van der Waals surface area contributed by atoms with Gasteiger partial charge in [-0.05, 0) is 18.9 Å². The van der Waals surface area contributed by atoms with Gasteiger partial charge < -0.3 is 5.32 Å². The molecule has 2 heterocycles. The Kier molecular flexibility index (Phi) is 1.12. The van der Waals surface area contributed by atoms with Crippen LogP contribution in [0.2, 0.25) is 0 Å². The molecule has 0 atom stereocenters. The first kappa shape index (κ1) is 7.39. The van der Waals surface area contributed by atoms with Crippen LogP contribution in [-0.4, -0.2) is 10.9 Å². The third-order valence-corrected chi connectivity index (χ3v) is 3.62. The Morgan fingerprint density at radius 2 is 2.31 bits per heavy atom. The number of carbonyl (C=O) groups is 1. The molecule has 2 aromatic rings. The summed E-state index contributed by atoms with van der Waals surface area (Å²) in [5.74, 6) is 0.0946. The highest BCUT2D eigenvalue weighted by Gasteiger charge is 2.57. The summed E-state index contributed by atoms with van der Waals surface area (Å²) in [7, 11) is 0. The van der Waals surface area contributed by atoms with Gasteiger partial charge in [0.2, 0.25) is 5.91 Å². The quantitative estimate of drug-likeness (QED) is 0.726. The van der Waals surface area contributed by atoms with Gasteiger partial charge in [0, 0.05) is 10.9 Å².